The van der Waals surface area contributed by atoms with Gasteiger partial charge in [0.15, 0.2) is 0 Å². The first-order valence-corrected chi connectivity index (χ1v) is 18.7. The zero-order valence-corrected chi connectivity index (χ0v) is 28.1. The van der Waals surface area contributed by atoms with Gasteiger partial charge < -0.3 is 18.1 Å². The Kier molecular flexibility index (Phi) is 11.3. The van der Waals surface area contributed by atoms with Crippen LogP contribution < -0.4 is 10.6 Å². The molecular weight excluding hydrogens is 638 g/mol. The SMILES string of the molecule is O=P(OCc1ccccc1)(OCc1ccccc1)c1ccc(-c2ccc(P(=O)(OCc3ccccc3)OCc3ccccc3)cc2)cc1. The molecule has 0 aliphatic heterocycles. The lowest BCUT2D eigenvalue weighted by atomic mass is 10.1. The summed E-state index contributed by atoms with van der Waals surface area (Å²) in [5.74, 6) is 0. The second-order valence-electron chi connectivity index (χ2n) is 11.1. The zero-order valence-electron chi connectivity index (χ0n) is 26.3. The summed E-state index contributed by atoms with van der Waals surface area (Å²) in [6, 6.07) is 53.0. The molecule has 6 nitrogen and oxygen atoms in total. The van der Waals surface area contributed by atoms with E-state index < -0.39 is 15.2 Å². The Labute approximate surface area is 282 Å². The third kappa shape index (κ3) is 8.94. The highest BCUT2D eigenvalue weighted by atomic mass is 31.2. The summed E-state index contributed by atoms with van der Waals surface area (Å²) < 4.78 is 52.4. The van der Waals surface area contributed by atoms with Gasteiger partial charge in [0.2, 0.25) is 0 Å². The van der Waals surface area contributed by atoms with Gasteiger partial charge in [-0.15, -0.1) is 0 Å². The highest BCUT2D eigenvalue weighted by Gasteiger charge is 2.30. The Balaban J connectivity index is 1.20. The van der Waals surface area contributed by atoms with Gasteiger partial charge in [0.1, 0.15) is 0 Å². The van der Waals surface area contributed by atoms with Gasteiger partial charge in [-0.1, -0.05) is 146 Å². The first-order chi connectivity index (χ1) is 23.5. The van der Waals surface area contributed by atoms with Crippen molar-refractivity contribution in [2.45, 2.75) is 26.4 Å². The molecule has 0 aliphatic carbocycles. The predicted molar refractivity (Wildman–Crippen MR) is 191 cm³/mol. The van der Waals surface area contributed by atoms with Crippen molar-refractivity contribution in [1.29, 1.82) is 0 Å². The molecular formula is C40H36O6P2. The van der Waals surface area contributed by atoms with Gasteiger partial charge in [0.25, 0.3) is 0 Å². The zero-order chi connectivity index (χ0) is 33.1. The van der Waals surface area contributed by atoms with E-state index >= 15 is 0 Å². The second-order valence-corrected chi connectivity index (χ2v) is 15.2. The van der Waals surface area contributed by atoms with Crippen molar-refractivity contribution < 1.29 is 27.2 Å². The van der Waals surface area contributed by atoms with Crippen LogP contribution in [-0.2, 0) is 53.7 Å². The molecule has 6 aromatic carbocycles. The molecule has 0 N–H and O–H groups in total. The van der Waals surface area contributed by atoms with Crippen LogP contribution in [0.4, 0.5) is 0 Å². The Morgan fingerprint density at radius 2 is 0.542 bits per heavy atom. The molecule has 0 radical (unpaired) electrons. The fourth-order valence-corrected chi connectivity index (χ4v) is 8.03. The molecule has 0 aromatic heterocycles. The fraction of sp³-hybridized carbons (Fsp3) is 0.100. The topological polar surface area (TPSA) is 71.1 Å². The van der Waals surface area contributed by atoms with Crippen molar-refractivity contribution in [2.24, 2.45) is 0 Å². The van der Waals surface area contributed by atoms with Gasteiger partial charge in [-0.25, -0.2) is 0 Å². The molecule has 0 amide bonds. The molecule has 242 valence electrons. The molecule has 0 saturated heterocycles. The highest BCUT2D eigenvalue weighted by molar-refractivity contribution is 7.62. The summed E-state index contributed by atoms with van der Waals surface area (Å²) in [6.07, 6.45) is 0. The smallest absolute Gasteiger partial charge is 0.300 e. The molecule has 0 spiro atoms. The summed E-state index contributed by atoms with van der Waals surface area (Å²) in [6.45, 7) is 0.591. The van der Waals surface area contributed by atoms with E-state index in [1.807, 2.05) is 146 Å². The van der Waals surface area contributed by atoms with Crippen LogP contribution in [0.1, 0.15) is 22.3 Å². The van der Waals surface area contributed by atoms with E-state index in [1.165, 1.54) is 0 Å². The van der Waals surface area contributed by atoms with Crippen molar-refractivity contribution in [1.82, 2.24) is 0 Å². The summed E-state index contributed by atoms with van der Waals surface area (Å²) in [5, 5.41) is 0.922. The summed E-state index contributed by atoms with van der Waals surface area (Å²) >= 11 is 0. The van der Waals surface area contributed by atoms with E-state index in [-0.39, 0.29) is 26.4 Å². The normalized spacial score (nSPS) is 11.8. The minimum Gasteiger partial charge on any atom is -0.300 e. The van der Waals surface area contributed by atoms with Crippen LogP contribution in [0, 0.1) is 0 Å². The molecule has 0 unspecified atom stereocenters. The molecule has 8 heteroatoms. The number of hydrogen-bond acceptors (Lipinski definition) is 6. The minimum atomic E-state index is -3.68. The molecule has 0 bridgehead atoms. The van der Waals surface area contributed by atoms with Crippen LogP contribution in [0.5, 0.6) is 0 Å². The Morgan fingerprint density at radius 1 is 0.312 bits per heavy atom. The third-order valence-corrected chi connectivity index (χ3v) is 11.4. The Bertz CT molecular complexity index is 1710. The molecule has 6 rings (SSSR count). The van der Waals surface area contributed by atoms with E-state index in [0.29, 0.717) is 10.6 Å². The summed E-state index contributed by atoms with van der Waals surface area (Å²) in [5.41, 5.74) is 5.36. The summed E-state index contributed by atoms with van der Waals surface area (Å²) in [4.78, 5) is 0. The molecule has 48 heavy (non-hydrogen) atoms. The first-order valence-electron chi connectivity index (χ1n) is 15.6. The number of hydrogen-bond donors (Lipinski definition) is 0. The maximum absolute atomic E-state index is 14.2. The quantitative estimate of drug-likeness (QED) is 0.101. The average Bonchev–Trinajstić information content (AvgIpc) is 3.16. The van der Waals surface area contributed by atoms with E-state index in [9.17, 15) is 9.13 Å². The maximum Gasteiger partial charge on any atom is 0.361 e. The highest BCUT2D eigenvalue weighted by Crippen LogP contribution is 2.50. The molecule has 0 aliphatic rings. The molecule has 0 atom stereocenters. The maximum atomic E-state index is 14.2. The van der Waals surface area contributed by atoms with Crippen molar-refractivity contribution in [3.05, 3.63) is 192 Å². The van der Waals surface area contributed by atoms with Gasteiger partial charge >= 0.3 is 15.2 Å². The Morgan fingerprint density at radius 3 is 0.771 bits per heavy atom. The van der Waals surface area contributed by atoms with Crippen LogP contribution in [-0.4, -0.2) is 0 Å². The van der Waals surface area contributed by atoms with E-state index in [1.54, 1.807) is 24.3 Å². The second kappa shape index (κ2) is 16.1. The number of rotatable bonds is 15. The van der Waals surface area contributed by atoms with Crippen LogP contribution in [0.2, 0.25) is 0 Å². The van der Waals surface area contributed by atoms with Gasteiger partial charge in [-0.2, -0.15) is 0 Å². The fourth-order valence-electron chi connectivity index (χ4n) is 4.98. The number of benzene rings is 6. The van der Waals surface area contributed by atoms with Gasteiger partial charge in [0.05, 0.1) is 37.0 Å². The first kappa shape index (κ1) is 33.5. The average molecular weight is 675 g/mol. The molecule has 0 fully saturated rings. The minimum absolute atomic E-state index is 0.148. The molecule has 0 heterocycles. The monoisotopic (exact) mass is 674 g/mol. The van der Waals surface area contributed by atoms with Gasteiger partial charge in [0, 0.05) is 0 Å². The van der Waals surface area contributed by atoms with Crippen molar-refractivity contribution >= 4 is 25.8 Å². The predicted octanol–water partition coefficient (Wildman–Crippen LogP) is 9.86. The standard InChI is InChI=1S/C40H36O6P2/c41-47(43-29-33-13-5-1-6-14-33,44-30-34-15-7-2-8-16-34)39-25-21-37(22-26-39)38-23-27-40(28-24-38)48(42,45-31-35-17-9-3-10-18-35)46-32-36-19-11-4-12-20-36/h1-28H,29-32H2. The molecule has 0 saturated carbocycles. The van der Waals surface area contributed by atoms with Crippen LogP contribution in [0.3, 0.4) is 0 Å². The van der Waals surface area contributed by atoms with Crippen molar-refractivity contribution in [3.63, 3.8) is 0 Å². The lowest BCUT2D eigenvalue weighted by Crippen LogP contribution is -2.11. The van der Waals surface area contributed by atoms with Gasteiger partial charge in [-0.05, 0) is 57.6 Å². The summed E-state index contributed by atoms with van der Waals surface area (Å²) in [7, 11) is -7.36. The lowest BCUT2D eigenvalue weighted by Gasteiger charge is -2.20. The van der Waals surface area contributed by atoms with Gasteiger partial charge in [-0.3, -0.25) is 9.13 Å². The van der Waals surface area contributed by atoms with Crippen LogP contribution in [0.25, 0.3) is 11.1 Å². The Hall–Kier alpha value is -4.38. The largest absolute Gasteiger partial charge is 0.361 e. The van der Waals surface area contributed by atoms with Crippen LogP contribution in [0.15, 0.2) is 170 Å². The van der Waals surface area contributed by atoms with E-state index in [4.69, 9.17) is 18.1 Å². The third-order valence-electron chi connectivity index (χ3n) is 7.68. The van der Waals surface area contributed by atoms with Crippen molar-refractivity contribution in [3.8, 4) is 11.1 Å². The van der Waals surface area contributed by atoms with E-state index in [2.05, 4.69) is 0 Å². The lowest BCUT2D eigenvalue weighted by molar-refractivity contribution is 0.199. The van der Waals surface area contributed by atoms with Crippen LogP contribution >= 0.6 is 15.2 Å². The van der Waals surface area contributed by atoms with Crippen molar-refractivity contribution in [2.75, 3.05) is 0 Å². The molecule has 6 aromatic rings. The van der Waals surface area contributed by atoms with E-state index in [0.717, 1.165) is 33.4 Å².